The van der Waals surface area contributed by atoms with E-state index in [0.29, 0.717) is 16.7 Å². The summed E-state index contributed by atoms with van der Waals surface area (Å²) in [7, 11) is 0. The Labute approximate surface area is 137 Å². The first-order chi connectivity index (χ1) is 11.6. The van der Waals surface area contributed by atoms with Crippen molar-refractivity contribution >= 4 is 22.0 Å². The number of nitriles is 1. The highest BCUT2D eigenvalue weighted by Crippen LogP contribution is 2.34. The zero-order valence-corrected chi connectivity index (χ0v) is 13.4. The summed E-state index contributed by atoms with van der Waals surface area (Å²) >= 11 is 0. The molecule has 0 amide bonds. The van der Waals surface area contributed by atoms with Gasteiger partial charge in [-0.3, -0.25) is 4.98 Å². The number of aromatic nitrogens is 2. The van der Waals surface area contributed by atoms with Crippen LogP contribution in [-0.4, -0.2) is 9.55 Å². The maximum Gasteiger partial charge on any atom is 0.417 e. The molecule has 0 saturated heterocycles. The molecule has 2 heterocycles. The van der Waals surface area contributed by atoms with Gasteiger partial charge in [-0.2, -0.15) is 5.26 Å². The quantitative estimate of drug-likeness (QED) is 0.608. The van der Waals surface area contributed by atoms with E-state index in [2.05, 4.69) is 28.6 Å². The minimum atomic E-state index is -0.477. The van der Waals surface area contributed by atoms with E-state index in [1.807, 2.05) is 25.1 Å². The fraction of sp³-hybridized carbons (Fsp3) is 0.158. The van der Waals surface area contributed by atoms with E-state index in [4.69, 9.17) is 4.42 Å². The van der Waals surface area contributed by atoms with Crippen molar-refractivity contribution in [1.29, 1.82) is 5.26 Å². The first kappa shape index (κ1) is 14.3. The van der Waals surface area contributed by atoms with E-state index >= 15 is 0 Å². The SMILES string of the molecule is CCn1c(-c2ccc3[nH]c(=O)oc3c2)c(C#N)c2ccc(C)cc21. The molecule has 0 fully saturated rings. The molecule has 0 aliphatic rings. The number of H-pyrrole nitrogens is 1. The van der Waals surface area contributed by atoms with Crippen molar-refractivity contribution in [2.45, 2.75) is 20.4 Å². The van der Waals surface area contributed by atoms with Gasteiger partial charge >= 0.3 is 5.76 Å². The molecule has 0 spiro atoms. The number of nitrogens with one attached hydrogen (secondary N) is 1. The molecule has 0 atom stereocenters. The van der Waals surface area contributed by atoms with Crippen LogP contribution in [0.3, 0.4) is 0 Å². The number of hydrogen-bond acceptors (Lipinski definition) is 3. The maximum absolute atomic E-state index is 11.4. The monoisotopic (exact) mass is 317 g/mol. The van der Waals surface area contributed by atoms with Crippen LogP contribution in [0.1, 0.15) is 18.1 Å². The number of nitrogens with zero attached hydrogens (tertiary/aromatic N) is 2. The molecule has 118 valence electrons. The fourth-order valence-corrected chi connectivity index (χ4v) is 3.29. The van der Waals surface area contributed by atoms with Gasteiger partial charge in [0.1, 0.15) is 6.07 Å². The second kappa shape index (κ2) is 5.14. The highest BCUT2D eigenvalue weighted by atomic mass is 16.4. The second-order valence-electron chi connectivity index (χ2n) is 5.83. The molecule has 0 bridgehead atoms. The Bertz CT molecular complexity index is 1190. The Balaban J connectivity index is 2.10. The molecule has 0 saturated carbocycles. The Morgan fingerprint density at radius 1 is 1.25 bits per heavy atom. The third kappa shape index (κ3) is 1.97. The van der Waals surface area contributed by atoms with Crippen molar-refractivity contribution in [3.63, 3.8) is 0 Å². The van der Waals surface area contributed by atoms with Gasteiger partial charge in [0.2, 0.25) is 0 Å². The van der Waals surface area contributed by atoms with Crippen LogP contribution in [0.4, 0.5) is 0 Å². The molecule has 5 heteroatoms. The van der Waals surface area contributed by atoms with Gasteiger partial charge in [0.15, 0.2) is 5.58 Å². The Morgan fingerprint density at radius 2 is 2.08 bits per heavy atom. The smallest absolute Gasteiger partial charge is 0.408 e. The zero-order chi connectivity index (χ0) is 16.8. The second-order valence-corrected chi connectivity index (χ2v) is 5.83. The first-order valence-electron chi connectivity index (χ1n) is 7.78. The lowest BCUT2D eigenvalue weighted by molar-refractivity contribution is 0.555. The number of oxazole rings is 1. The summed E-state index contributed by atoms with van der Waals surface area (Å²) < 4.78 is 7.30. The van der Waals surface area contributed by atoms with E-state index < -0.39 is 5.76 Å². The van der Waals surface area contributed by atoms with Crippen molar-refractivity contribution in [2.24, 2.45) is 0 Å². The molecule has 0 unspecified atom stereocenters. The number of aromatic amines is 1. The van der Waals surface area contributed by atoms with E-state index in [-0.39, 0.29) is 0 Å². The van der Waals surface area contributed by atoms with Crippen LogP contribution >= 0.6 is 0 Å². The Morgan fingerprint density at radius 3 is 2.83 bits per heavy atom. The topological polar surface area (TPSA) is 74.7 Å². The molecule has 5 nitrogen and oxygen atoms in total. The number of hydrogen-bond donors (Lipinski definition) is 1. The van der Waals surface area contributed by atoms with Crippen LogP contribution < -0.4 is 5.76 Å². The third-order valence-corrected chi connectivity index (χ3v) is 4.34. The van der Waals surface area contributed by atoms with Crippen LogP contribution in [0, 0.1) is 18.3 Å². The summed E-state index contributed by atoms with van der Waals surface area (Å²) in [6.07, 6.45) is 0. The molecular weight excluding hydrogens is 302 g/mol. The summed E-state index contributed by atoms with van der Waals surface area (Å²) in [6, 6.07) is 14.0. The number of rotatable bonds is 2. The van der Waals surface area contributed by atoms with E-state index in [1.54, 1.807) is 12.1 Å². The van der Waals surface area contributed by atoms with Crippen LogP contribution in [0.5, 0.6) is 0 Å². The summed E-state index contributed by atoms with van der Waals surface area (Å²) in [5.74, 6) is -0.477. The first-order valence-corrected chi connectivity index (χ1v) is 7.78. The summed E-state index contributed by atoms with van der Waals surface area (Å²) in [6.45, 7) is 4.84. The van der Waals surface area contributed by atoms with Gasteiger partial charge < -0.3 is 8.98 Å². The normalized spacial score (nSPS) is 11.2. The van der Waals surface area contributed by atoms with Crippen molar-refractivity contribution in [2.75, 3.05) is 0 Å². The predicted molar refractivity (Wildman–Crippen MR) is 92.9 cm³/mol. The van der Waals surface area contributed by atoms with Crippen LogP contribution in [0.2, 0.25) is 0 Å². The molecular formula is C19H15N3O2. The number of fused-ring (bicyclic) bond motifs is 2. The number of benzene rings is 2. The largest absolute Gasteiger partial charge is 0.417 e. The van der Waals surface area contributed by atoms with Crippen LogP contribution in [0.25, 0.3) is 33.3 Å². The third-order valence-electron chi connectivity index (χ3n) is 4.34. The Kier molecular flexibility index (Phi) is 3.07. The zero-order valence-electron chi connectivity index (χ0n) is 13.4. The molecule has 24 heavy (non-hydrogen) atoms. The van der Waals surface area contributed by atoms with Gasteiger partial charge in [0.25, 0.3) is 0 Å². The lowest BCUT2D eigenvalue weighted by Crippen LogP contribution is -1.97. The van der Waals surface area contributed by atoms with Gasteiger partial charge in [-0.15, -0.1) is 0 Å². The van der Waals surface area contributed by atoms with Crippen LogP contribution in [0.15, 0.2) is 45.6 Å². The average molecular weight is 317 g/mol. The van der Waals surface area contributed by atoms with Gasteiger partial charge in [-0.05, 0) is 37.6 Å². The molecule has 1 N–H and O–H groups in total. The van der Waals surface area contributed by atoms with Gasteiger partial charge in [-0.25, -0.2) is 4.79 Å². The van der Waals surface area contributed by atoms with E-state index in [0.717, 1.165) is 34.3 Å². The summed E-state index contributed by atoms with van der Waals surface area (Å²) in [5, 5.41) is 10.7. The maximum atomic E-state index is 11.4. The molecule has 4 aromatic rings. The van der Waals surface area contributed by atoms with Gasteiger partial charge in [0, 0.05) is 17.5 Å². The standard InChI is InChI=1S/C19H15N3O2/c1-3-22-16-8-11(2)4-6-13(16)14(10-20)18(22)12-5-7-15-17(9-12)24-19(23)21-15/h4-9H,3H2,1-2H3,(H,21,23). The lowest BCUT2D eigenvalue weighted by Gasteiger charge is -2.08. The molecule has 0 radical (unpaired) electrons. The molecule has 0 aliphatic heterocycles. The molecule has 2 aromatic carbocycles. The van der Waals surface area contributed by atoms with Crippen LogP contribution in [-0.2, 0) is 6.54 Å². The minimum absolute atomic E-state index is 0.477. The van der Waals surface area contributed by atoms with Crippen molar-refractivity contribution in [1.82, 2.24) is 9.55 Å². The fourth-order valence-electron chi connectivity index (χ4n) is 3.29. The van der Waals surface area contributed by atoms with Crippen molar-refractivity contribution < 1.29 is 4.42 Å². The Hall–Kier alpha value is -3.26. The lowest BCUT2D eigenvalue weighted by atomic mass is 10.1. The van der Waals surface area contributed by atoms with E-state index in [9.17, 15) is 10.1 Å². The van der Waals surface area contributed by atoms with Crippen molar-refractivity contribution in [3.8, 4) is 17.3 Å². The number of aryl methyl sites for hydroxylation is 2. The highest BCUT2D eigenvalue weighted by molar-refractivity contribution is 5.96. The molecule has 0 aliphatic carbocycles. The highest BCUT2D eigenvalue weighted by Gasteiger charge is 2.18. The summed E-state index contributed by atoms with van der Waals surface area (Å²) in [5.41, 5.74) is 5.69. The van der Waals surface area contributed by atoms with Gasteiger partial charge in [-0.1, -0.05) is 18.2 Å². The van der Waals surface area contributed by atoms with Gasteiger partial charge in [0.05, 0.1) is 22.3 Å². The summed E-state index contributed by atoms with van der Waals surface area (Å²) in [4.78, 5) is 14.0. The molecule has 4 rings (SSSR count). The van der Waals surface area contributed by atoms with Crippen molar-refractivity contribution in [3.05, 3.63) is 58.1 Å². The minimum Gasteiger partial charge on any atom is -0.408 e. The molecule has 2 aromatic heterocycles. The predicted octanol–water partition coefficient (Wildman–Crippen LogP) is 3.94. The average Bonchev–Trinajstić information content (AvgIpc) is 3.09. The van der Waals surface area contributed by atoms with E-state index in [1.165, 1.54) is 0 Å².